The zero-order valence-corrected chi connectivity index (χ0v) is 20.0. The van der Waals surface area contributed by atoms with Gasteiger partial charge in [-0.05, 0) is 49.9 Å². The molecule has 2 aromatic carbocycles. The van der Waals surface area contributed by atoms with Crippen molar-refractivity contribution in [3.05, 3.63) is 71.5 Å². The van der Waals surface area contributed by atoms with Crippen LogP contribution in [0.1, 0.15) is 36.0 Å². The maximum absolute atomic E-state index is 12.5. The Labute approximate surface area is 208 Å². The number of benzene rings is 2. The fourth-order valence-electron chi connectivity index (χ4n) is 4.41. The Kier molecular flexibility index (Phi) is 7.24. The van der Waals surface area contributed by atoms with E-state index < -0.39 is 0 Å². The number of rotatable bonds is 5. The van der Waals surface area contributed by atoms with Crippen molar-refractivity contribution in [2.75, 3.05) is 11.1 Å². The highest BCUT2D eigenvalue weighted by Crippen LogP contribution is 2.32. The Hall–Kier alpha value is -3.29. The average Bonchev–Trinajstić information content (AvgIpc) is 3.25. The van der Waals surface area contributed by atoms with Crippen LogP contribution < -0.4 is 16.4 Å². The number of hydrogen-bond acceptors (Lipinski definition) is 5. The molecule has 176 valence electrons. The smallest absolute Gasteiger partial charge is 0.251 e. The summed E-state index contributed by atoms with van der Waals surface area (Å²) < 4.78 is 0. The molecule has 1 aliphatic carbocycles. The van der Waals surface area contributed by atoms with Gasteiger partial charge in [-0.1, -0.05) is 35.9 Å². The van der Waals surface area contributed by atoms with E-state index in [4.69, 9.17) is 22.3 Å². The van der Waals surface area contributed by atoms with E-state index in [1.54, 1.807) is 30.5 Å². The number of halogens is 2. The monoisotopic (exact) mass is 496 g/mol. The van der Waals surface area contributed by atoms with E-state index in [2.05, 4.69) is 20.6 Å². The molecule has 1 saturated carbocycles. The molecule has 1 amide bonds. The molecule has 0 unspecified atom stereocenters. The predicted molar refractivity (Wildman–Crippen MR) is 140 cm³/mol. The van der Waals surface area contributed by atoms with Crippen LogP contribution in [0, 0.1) is 0 Å². The van der Waals surface area contributed by atoms with Crippen molar-refractivity contribution in [2.24, 2.45) is 0 Å². The van der Waals surface area contributed by atoms with Gasteiger partial charge < -0.3 is 21.4 Å². The first-order valence-electron chi connectivity index (χ1n) is 11.1. The van der Waals surface area contributed by atoms with Gasteiger partial charge in [0.1, 0.15) is 0 Å². The first kappa shape index (κ1) is 23.9. The number of fused-ring (bicyclic) bond motifs is 1. The topological polar surface area (TPSA) is 109 Å². The van der Waals surface area contributed by atoms with Gasteiger partial charge in [0, 0.05) is 46.0 Å². The fourth-order valence-corrected chi connectivity index (χ4v) is 4.60. The van der Waals surface area contributed by atoms with E-state index in [0.717, 1.165) is 42.1 Å². The number of carbonyl (C=O) groups is 1. The van der Waals surface area contributed by atoms with Crippen LogP contribution >= 0.6 is 24.0 Å². The van der Waals surface area contributed by atoms with Gasteiger partial charge in [-0.2, -0.15) is 0 Å². The summed E-state index contributed by atoms with van der Waals surface area (Å²) in [5, 5.41) is 8.16. The average molecular weight is 497 g/mol. The molecule has 1 fully saturated rings. The minimum absolute atomic E-state index is 0. The molecule has 0 atom stereocenters. The van der Waals surface area contributed by atoms with E-state index in [9.17, 15) is 4.79 Å². The van der Waals surface area contributed by atoms with Crippen molar-refractivity contribution in [2.45, 2.75) is 37.8 Å². The van der Waals surface area contributed by atoms with E-state index in [1.807, 2.05) is 30.5 Å². The third-order valence-electron chi connectivity index (χ3n) is 6.13. The number of nitrogens with one attached hydrogen (secondary N) is 3. The lowest BCUT2D eigenvalue weighted by atomic mass is 9.91. The van der Waals surface area contributed by atoms with E-state index >= 15 is 0 Å². The standard InChI is InChI=1S/C25H25ClN6O.ClH/c26-21-14-29-25(32-23(21)20-13-28-22-7-2-1-6-19(20)22)31-18-10-8-17(9-11-18)30-24(33)15-4-3-5-16(27)12-15;/h1-7,12-14,17-18,28H,8-11,27H2,(H,30,33)(H,29,31,32);1H/t17-,18-;. The van der Waals surface area contributed by atoms with E-state index in [0.29, 0.717) is 27.9 Å². The first-order chi connectivity index (χ1) is 16.1. The molecule has 7 nitrogen and oxygen atoms in total. The molecular formula is C25H26Cl2N6O. The third kappa shape index (κ3) is 5.11. The van der Waals surface area contributed by atoms with Gasteiger partial charge in [-0.3, -0.25) is 4.79 Å². The number of anilines is 2. The van der Waals surface area contributed by atoms with Gasteiger partial charge in [0.15, 0.2) is 0 Å². The highest BCUT2D eigenvalue weighted by atomic mass is 35.5. The molecule has 0 bridgehead atoms. The number of hydrogen-bond donors (Lipinski definition) is 4. The van der Waals surface area contributed by atoms with Crippen LogP contribution in [-0.2, 0) is 0 Å². The Morgan fingerprint density at radius 2 is 1.82 bits per heavy atom. The summed E-state index contributed by atoms with van der Waals surface area (Å²) in [4.78, 5) is 24.9. The molecule has 0 saturated heterocycles. The summed E-state index contributed by atoms with van der Waals surface area (Å²) in [5.41, 5.74) is 9.66. The van der Waals surface area contributed by atoms with Crippen molar-refractivity contribution in [1.82, 2.24) is 20.3 Å². The van der Waals surface area contributed by atoms with Gasteiger partial charge in [-0.15, -0.1) is 12.4 Å². The Bertz CT molecular complexity index is 1300. The number of nitrogens with zero attached hydrogens (tertiary/aromatic N) is 2. The molecule has 5 rings (SSSR count). The maximum Gasteiger partial charge on any atom is 0.251 e. The SMILES string of the molecule is Cl.Nc1cccc(C(=O)N[C@H]2CC[C@H](Nc3ncc(Cl)c(-c4c[nH]c5ccccc45)n3)CC2)c1. The summed E-state index contributed by atoms with van der Waals surface area (Å²) in [7, 11) is 0. The highest BCUT2D eigenvalue weighted by molar-refractivity contribution is 6.33. The van der Waals surface area contributed by atoms with Crippen LogP contribution in [0.2, 0.25) is 5.02 Å². The predicted octanol–water partition coefficient (Wildman–Crippen LogP) is 5.44. The number of carbonyl (C=O) groups excluding carboxylic acids is 1. The maximum atomic E-state index is 12.5. The zero-order valence-electron chi connectivity index (χ0n) is 18.4. The van der Waals surface area contributed by atoms with Crippen LogP contribution in [0.5, 0.6) is 0 Å². The molecule has 0 aliphatic heterocycles. The van der Waals surface area contributed by atoms with E-state index in [1.165, 1.54) is 0 Å². The van der Waals surface area contributed by atoms with Crippen LogP contribution in [0.3, 0.4) is 0 Å². The summed E-state index contributed by atoms with van der Waals surface area (Å²) >= 11 is 6.44. The number of nitrogens with two attached hydrogens (primary N) is 1. The van der Waals surface area contributed by atoms with E-state index in [-0.39, 0.29) is 30.4 Å². The second kappa shape index (κ2) is 10.3. The number of nitrogen functional groups attached to an aromatic ring is 1. The molecule has 4 aromatic rings. The van der Waals surface area contributed by atoms with Crippen molar-refractivity contribution in [3.63, 3.8) is 0 Å². The van der Waals surface area contributed by atoms with Crippen LogP contribution in [0.25, 0.3) is 22.2 Å². The zero-order chi connectivity index (χ0) is 22.8. The van der Waals surface area contributed by atoms with Gasteiger partial charge in [0.25, 0.3) is 5.91 Å². The first-order valence-corrected chi connectivity index (χ1v) is 11.5. The summed E-state index contributed by atoms with van der Waals surface area (Å²) in [6.07, 6.45) is 7.16. The molecule has 5 N–H and O–H groups in total. The van der Waals surface area contributed by atoms with Crippen molar-refractivity contribution < 1.29 is 4.79 Å². The number of amides is 1. The molecule has 0 radical (unpaired) electrons. The minimum Gasteiger partial charge on any atom is -0.399 e. The number of aromatic amines is 1. The summed E-state index contributed by atoms with van der Waals surface area (Å²) in [6, 6.07) is 15.5. The van der Waals surface area contributed by atoms with Gasteiger partial charge in [-0.25, -0.2) is 9.97 Å². The van der Waals surface area contributed by atoms with Crippen molar-refractivity contribution >= 4 is 52.5 Å². The Morgan fingerprint density at radius 3 is 2.62 bits per heavy atom. The third-order valence-corrected chi connectivity index (χ3v) is 6.41. The largest absolute Gasteiger partial charge is 0.399 e. The van der Waals surface area contributed by atoms with Gasteiger partial charge in [0.2, 0.25) is 5.95 Å². The quantitative estimate of drug-likeness (QED) is 0.275. The van der Waals surface area contributed by atoms with Crippen LogP contribution in [0.4, 0.5) is 11.6 Å². The summed E-state index contributed by atoms with van der Waals surface area (Å²) in [5.74, 6) is 0.482. The normalized spacial score (nSPS) is 17.7. The molecule has 2 heterocycles. The second-order valence-corrected chi connectivity index (χ2v) is 8.84. The van der Waals surface area contributed by atoms with Crippen LogP contribution in [0.15, 0.2) is 60.9 Å². The molecule has 0 spiro atoms. The minimum atomic E-state index is -0.0804. The van der Waals surface area contributed by atoms with Crippen molar-refractivity contribution in [3.8, 4) is 11.3 Å². The molecule has 9 heteroatoms. The fraction of sp³-hybridized carbons (Fsp3) is 0.240. The lowest BCUT2D eigenvalue weighted by Crippen LogP contribution is -2.40. The van der Waals surface area contributed by atoms with Gasteiger partial charge >= 0.3 is 0 Å². The number of para-hydroxylation sites is 1. The lowest BCUT2D eigenvalue weighted by molar-refractivity contribution is 0.0926. The highest BCUT2D eigenvalue weighted by Gasteiger charge is 2.24. The molecule has 2 aromatic heterocycles. The molecular weight excluding hydrogens is 471 g/mol. The number of H-pyrrole nitrogens is 1. The van der Waals surface area contributed by atoms with Crippen molar-refractivity contribution in [1.29, 1.82) is 0 Å². The summed E-state index contributed by atoms with van der Waals surface area (Å²) in [6.45, 7) is 0. The lowest BCUT2D eigenvalue weighted by Gasteiger charge is -2.29. The number of aromatic nitrogens is 3. The Morgan fingerprint density at radius 1 is 1.06 bits per heavy atom. The second-order valence-electron chi connectivity index (χ2n) is 8.43. The molecule has 34 heavy (non-hydrogen) atoms. The van der Waals surface area contributed by atoms with Gasteiger partial charge in [0.05, 0.1) is 16.9 Å². The Balaban J connectivity index is 0.00000274. The van der Waals surface area contributed by atoms with Crippen LogP contribution in [-0.4, -0.2) is 32.9 Å². The molecule has 1 aliphatic rings.